The zero-order chi connectivity index (χ0) is 21.8. The number of hydrogen-bond donors (Lipinski definition) is 2. The van der Waals surface area contributed by atoms with Gasteiger partial charge in [0.2, 0.25) is 11.9 Å². The van der Waals surface area contributed by atoms with Crippen molar-refractivity contribution < 1.29 is 9.53 Å². The Hall–Kier alpha value is -2.87. The maximum atomic E-state index is 12.8. The second kappa shape index (κ2) is 9.51. The van der Waals surface area contributed by atoms with E-state index in [1.165, 1.54) is 11.3 Å². The van der Waals surface area contributed by atoms with E-state index in [0.717, 1.165) is 49.1 Å². The lowest BCUT2D eigenvalue weighted by Crippen LogP contribution is -2.44. The van der Waals surface area contributed by atoms with Gasteiger partial charge in [0, 0.05) is 30.6 Å². The molecule has 0 unspecified atom stereocenters. The number of H-pyrrole nitrogens is 1. The number of unbranched alkanes of at least 4 members (excludes halogenated alkanes) is 1. The highest BCUT2D eigenvalue weighted by atomic mass is 32.1. The Balaban J connectivity index is 1.62. The highest BCUT2D eigenvalue weighted by molar-refractivity contribution is 7.17. The van der Waals surface area contributed by atoms with Crippen molar-refractivity contribution in [1.29, 1.82) is 0 Å². The number of methoxy groups -OCH3 is 1. The molecule has 7 nitrogen and oxygen atoms in total. The fourth-order valence-electron chi connectivity index (χ4n) is 3.98. The first-order valence-corrected chi connectivity index (χ1v) is 11.7. The number of piperidine rings is 1. The second-order valence-electron chi connectivity index (χ2n) is 7.88. The third-order valence-electron chi connectivity index (χ3n) is 5.72. The highest BCUT2D eigenvalue weighted by Crippen LogP contribution is 2.33. The summed E-state index contributed by atoms with van der Waals surface area (Å²) in [6.07, 6.45) is 3.78. The molecule has 0 radical (unpaired) electrons. The van der Waals surface area contributed by atoms with E-state index < -0.39 is 0 Å². The number of nitrogens with zero attached hydrogens (tertiary/aromatic N) is 2. The molecular formula is C23H28N4O3S. The number of anilines is 1. The molecule has 1 saturated heterocycles. The lowest BCUT2D eigenvalue weighted by molar-refractivity contribution is -0.125. The molecule has 1 fully saturated rings. The van der Waals surface area contributed by atoms with Crippen LogP contribution in [0.25, 0.3) is 21.3 Å². The number of ether oxygens (including phenoxy) is 1. The molecule has 0 saturated carbocycles. The summed E-state index contributed by atoms with van der Waals surface area (Å²) in [5.41, 5.74) is 2.42. The fourth-order valence-corrected chi connectivity index (χ4v) is 4.89. The van der Waals surface area contributed by atoms with E-state index in [1.807, 2.05) is 34.5 Å². The summed E-state index contributed by atoms with van der Waals surface area (Å²) in [6.45, 7) is 4.15. The van der Waals surface area contributed by atoms with E-state index in [0.29, 0.717) is 29.3 Å². The van der Waals surface area contributed by atoms with Crippen molar-refractivity contribution in [3.63, 3.8) is 0 Å². The minimum atomic E-state index is -0.145. The molecule has 2 aromatic heterocycles. The molecule has 3 heterocycles. The molecule has 8 heteroatoms. The molecule has 1 aliphatic heterocycles. The number of aromatic amines is 1. The van der Waals surface area contributed by atoms with Crippen LogP contribution in [0.15, 0.2) is 34.4 Å². The number of benzene rings is 1. The van der Waals surface area contributed by atoms with Crippen LogP contribution in [-0.2, 0) is 4.79 Å². The van der Waals surface area contributed by atoms with Gasteiger partial charge in [-0.25, -0.2) is 4.98 Å². The van der Waals surface area contributed by atoms with Gasteiger partial charge in [-0.2, -0.15) is 0 Å². The SMILES string of the molecule is CCCCNC(=O)[C@H]1CCCN(c2nc3c(-c4cccc(OC)c4)csc3c(=O)[nH]2)C1. The van der Waals surface area contributed by atoms with Crippen LogP contribution < -0.4 is 20.5 Å². The molecular weight excluding hydrogens is 412 g/mol. The van der Waals surface area contributed by atoms with E-state index in [2.05, 4.69) is 17.2 Å². The summed E-state index contributed by atoms with van der Waals surface area (Å²) in [5, 5.41) is 5.00. The molecule has 1 aromatic carbocycles. The zero-order valence-electron chi connectivity index (χ0n) is 17.9. The Morgan fingerprint density at radius 2 is 2.29 bits per heavy atom. The van der Waals surface area contributed by atoms with Crippen LogP contribution in [0, 0.1) is 5.92 Å². The Morgan fingerprint density at radius 3 is 3.10 bits per heavy atom. The second-order valence-corrected chi connectivity index (χ2v) is 8.76. The van der Waals surface area contributed by atoms with Crippen LogP contribution in [-0.4, -0.2) is 42.6 Å². The molecule has 0 aliphatic carbocycles. The molecule has 2 N–H and O–H groups in total. The first-order chi connectivity index (χ1) is 15.1. The van der Waals surface area contributed by atoms with Crippen molar-refractivity contribution in [2.75, 3.05) is 31.6 Å². The first kappa shape index (κ1) is 21.4. The van der Waals surface area contributed by atoms with E-state index in [4.69, 9.17) is 9.72 Å². The summed E-state index contributed by atoms with van der Waals surface area (Å²) in [7, 11) is 1.64. The van der Waals surface area contributed by atoms with Gasteiger partial charge < -0.3 is 15.0 Å². The van der Waals surface area contributed by atoms with Crippen molar-refractivity contribution in [3.05, 3.63) is 40.0 Å². The molecule has 1 amide bonds. The maximum absolute atomic E-state index is 12.8. The summed E-state index contributed by atoms with van der Waals surface area (Å²) in [4.78, 5) is 35.1. The predicted octanol–water partition coefficient (Wildman–Crippen LogP) is 3.79. The molecule has 31 heavy (non-hydrogen) atoms. The summed E-state index contributed by atoms with van der Waals surface area (Å²) < 4.78 is 5.95. The maximum Gasteiger partial charge on any atom is 0.270 e. The summed E-state index contributed by atoms with van der Waals surface area (Å²) >= 11 is 1.39. The largest absolute Gasteiger partial charge is 0.497 e. The van der Waals surface area contributed by atoms with Gasteiger partial charge in [-0.1, -0.05) is 25.5 Å². The molecule has 1 aliphatic rings. The van der Waals surface area contributed by atoms with Crippen LogP contribution in [0.4, 0.5) is 5.95 Å². The van der Waals surface area contributed by atoms with Gasteiger partial charge in [-0.3, -0.25) is 14.6 Å². The molecule has 3 aromatic rings. The lowest BCUT2D eigenvalue weighted by atomic mass is 9.97. The highest BCUT2D eigenvalue weighted by Gasteiger charge is 2.27. The Kier molecular flexibility index (Phi) is 6.56. The Morgan fingerprint density at radius 1 is 1.42 bits per heavy atom. The van der Waals surface area contributed by atoms with Gasteiger partial charge >= 0.3 is 0 Å². The lowest BCUT2D eigenvalue weighted by Gasteiger charge is -2.32. The minimum absolute atomic E-state index is 0.0908. The fraction of sp³-hybridized carbons (Fsp3) is 0.435. The number of hydrogen-bond acceptors (Lipinski definition) is 6. The van der Waals surface area contributed by atoms with E-state index >= 15 is 0 Å². The van der Waals surface area contributed by atoms with Crippen molar-refractivity contribution in [3.8, 4) is 16.9 Å². The molecule has 4 rings (SSSR count). The van der Waals surface area contributed by atoms with Gasteiger partial charge in [0.25, 0.3) is 5.56 Å². The third kappa shape index (κ3) is 4.58. The number of carbonyl (C=O) groups is 1. The van der Waals surface area contributed by atoms with Gasteiger partial charge in [-0.15, -0.1) is 11.3 Å². The van der Waals surface area contributed by atoms with Gasteiger partial charge in [0.05, 0.1) is 18.5 Å². The monoisotopic (exact) mass is 440 g/mol. The van der Waals surface area contributed by atoms with Crippen molar-refractivity contribution in [2.45, 2.75) is 32.6 Å². The number of thiophene rings is 1. The van der Waals surface area contributed by atoms with Crippen molar-refractivity contribution in [2.24, 2.45) is 5.92 Å². The number of carbonyl (C=O) groups excluding carboxylic acids is 1. The van der Waals surface area contributed by atoms with Gasteiger partial charge in [0.15, 0.2) is 0 Å². The third-order valence-corrected chi connectivity index (χ3v) is 6.68. The standard InChI is InChI=1S/C23H28N4O3S/c1-3-4-10-24-21(28)16-8-6-11-27(13-16)23-25-19-18(14-31-20(19)22(29)26-23)15-7-5-9-17(12-15)30-2/h5,7,9,12,14,16H,3-4,6,8,10-11,13H2,1-2H3,(H,24,28)(H,25,26,29)/t16-/m0/s1. The Bertz CT molecular complexity index is 1120. The Labute approximate surface area is 185 Å². The predicted molar refractivity (Wildman–Crippen MR) is 125 cm³/mol. The first-order valence-electron chi connectivity index (χ1n) is 10.8. The van der Waals surface area contributed by atoms with Crippen molar-refractivity contribution in [1.82, 2.24) is 15.3 Å². The molecule has 1 atom stereocenters. The van der Waals surface area contributed by atoms with E-state index in [-0.39, 0.29) is 17.4 Å². The average molecular weight is 441 g/mol. The van der Waals surface area contributed by atoms with Gasteiger partial charge in [-0.05, 0) is 37.0 Å². The number of fused-ring (bicyclic) bond motifs is 1. The summed E-state index contributed by atoms with van der Waals surface area (Å²) in [5.74, 6) is 1.29. The summed E-state index contributed by atoms with van der Waals surface area (Å²) in [6, 6.07) is 7.76. The zero-order valence-corrected chi connectivity index (χ0v) is 18.8. The quantitative estimate of drug-likeness (QED) is 0.546. The van der Waals surface area contributed by atoms with Gasteiger partial charge in [0.1, 0.15) is 10.4 Å². The smallest absolute Gasteiger partial charge is 0.270 e. The molecule has 164 valence electrons. The van der Waals surface area contributed by atoms with E-state index in [9.17, 15) is 9.59 Å². The van der Waals surface area contributed by atoms with Crippen LogP contribution >= 0.6 is 11.3 Å². The number of nitrogens with one attached hydrogen (secondary N) is 2. The number of rotatable bonds is 7. The number of amides is 1. The van der Waals surface area contributed by atoms with Crippen molar-refractivity contribution >= 4 is 33.4 Å². The minimum Gasteiger partial charge on any atom is -0.497 e. The van der Waals surface area contributed by atoms with E-state index in [1.54, 1.807) is 7.11 Å². The van der Waals surface area contributed by atoms with Crippen LogP contribution in [0.3, 0.4) is 0 Å². The van der Waals surface area contributed by atoms with Crippen LogP contribution in [0.2, 0.25) is 0 Å². The van der Waals surface area contributed by atoms with Crippen LogP contribution in [0.5, 0.6) is 5.75 Å². The number of aromatic nitrogens is 2. The molecule has 0 spiro atoms. The normalized spacial score (nSPS) is 16.5. The molecule has 0 bridgehead atoms. The average Bonchev–Trinajstić information content (AvgIpc) is 3.24. The van der Waals surface area contributed by atoms with Crippen LogP contribution in [0.1, 0.15) is 32.6 Å². The topological polar surface area (TPSA) is 87.3 Å².